The van der Waals surface area contributed by atoms with Gasteiger partial charge in [0.05, 0.1) is 18.4 Å². The molecular formula is C13H20N2O2. The number of nitrogens with two attached hydrogens (primary N) is 1. The van der Waals surface area contributed by atoms with Gasteiger partial charge in [-0.25, -0.2) is 4.79 Å². The number of nitrogens with zero attached hydrogens (tertiary/aromatic N) is 1. The first-order valence-corrected chi connectivity index (χ1v) is 5.75. The number of anilines is 1. The molecule has 0 aromatic heterocycles. The molecular weight excluding hydrogens is 216 g/mol. The minimum atomic E-state index is -0.320. The molecule has 1 rings (SSSR count). The maximum atomic E-state index is 11.7. The van der Waals surface area contributed by atoms with E-state index in [4.69, 9.17) is 10.5 Å². The number of rotatable bonds is 5. The molecule has 0 spiro atoms. The zero-order valence-electron chi connectivity index (χ0n) is 10.6. The lowest BCUT2D eigenvalue weighted by atomic mass is 10.1. The second kappa shape index (κ2) is 6.25. The predicted octanol–water partition coefficient (Wildman–Crippen LogP) is 1.65. The Morgan fingerprint density at radius 3 is 2.65 bits per heavy atom. The fourth-order valence-electron chi connectivity index (χ4n) is 1.86. The van der Waals surface area contributed by atoms with E-state index in [0.29, 0.717) is 12.1 Å². The third kappa shape index (κ3) is 2.97. The van der Waals surface area contributed by atoms with Crippen molar-refractivity contribution in [1.29, 1.82) is 0 Å². The third-order valence-corrected chi connectivity index (χ3v) is 2.98. The summed E-state index contributed by atoms with van der Waals surface area (Å²) in [6, 6.07) is 7.63. The first kappa shape index (κ1) is 13.5. The number of ether oxygens (including phenoxy) is 1. The van der Waals surface area contributed by atoms with Crippen molar-refractivity contribution in [1.82, 2.24) is 0 Å². The smallest absolute Gasteiger partial charge is 0.339 e. The largest absolute Gasteiger partial charge is 0.465 e. The highest BCUT2D eigenvalue weighted by atomic mass is 16.5. The maximum Gasteiger partial charge on any atom is 0.339 e. The Hall–Kier alpha value is -1.55. The molecule has 0 aliphatic rings. The van der Waals surface area contributed by atoms with Crippen LogP contribution in [-0.4, -0.2) is 32.7 Å². The van der Waals surface area contributed by atoms with E-state index in [0.717, 1.165) is 12.1 Å². The van der Waals surface area contributed by atoms with E-state index < -0.39 is 0 Å². The van der Waals surface area contributed by atoms with Gasteiger partial charge in [0, 0.05) is 19.6 Å². The highest BCUT2D eigenvalue weighted by molar-refractivity contribution is 5.95. The van der Waals surface area contributed by atoms with E-state index >= 15 is 0 Å². The average Bonchev–Trinajstić information content (AvgIpc) is 2.39. The summed E-state index contributed by atoms with van der Waals surface area (Å²) < 4.78 is 4.78. The van der Waals surface area contributed by atoms with E-state index in [1.807, 2.05) is 30.1 Å². The number of methoxy groups -OCH3 is 1. The second-order valence-corrected chi connectivity index (χ2v) is 3.92. The number of carbonyl (C=O) groups is 1. The number of para-hydroxylation sites is 1. The number of carbonyl (C=O) groups excluding carboxylic acids is 1. The van der Waals surface area contributed by atoms with E-state index in [2.05, 4.69) is 6.92 Å². The molecule has 94 valence electrons. The van der Waals surface area contributed by atoms with E-state index in [9.17, 15) is 4.79 Å². The zero-order chi connectivity index (χ0) is 12.8. The van der Waals surface area contributed by atoms with Crippen molar-refractivity contribution >= 4 is 11.7 Å². The van der Waals surface area contributed by atoms with Crippen LogP contribution in [0.5, 0.6) is 0 Å². The summed E-state index contributed by atoms with van der Waals surface area (Å²) >= 11 is 0. The van der Waals surface area contributed by atoms with Crippen molar-refractivity contribution in [2.45, 2.75) is 19.4 Å². The Labute approximate surface area is 102 Å². The third-order valence-electron chi connectivity index (χ3n) is 2.98. The standard InChI is InChI=1S/C13H20N2O2/c1-4-10(9-14)15(2)12-8-6-5-7-11(12)13(16)17-3/h5-8,10H,4,9,14H2,1-3H3. The van der Waals surface area contributed by atoms with Gasteiger partial charge < -0.3 is 15.4 Å². The molecule has 1 aromatic carbocycles. The van der Waals surface area contributed by atoms with Gasteiger partial charge in [-0.3, -0.25) is 0 Å². The molecule has 0 radical (unpaired) electrons. The van der Waals surface area contributed by atoms with Gasteiger partial charge in [-0.1, -0.05) is 19.1 Å². The van der Waals surface area contributed by atoms with Gasteiger partial charge in [0.1, 0.15) is 0 Å². The Kier molecular flexibility index (Phi) is 4.97. The topological polar surface area (TPSA) is 55.6 Å². The molecule has 0 aliphatic carbocycles. The molecule has 1 aromatic rings. The summed E-state index contributed by atoms with van der Waals surface area (Å²) in [4.78, 5) is 13.7. The minimum Gasteiger partial charge on any atom is -0.465 e. The normalized spacial score (nSPS) is 12.0. The number of likely N-dealkylation sites (N-methyl/N-ethyl adjacent to an activating group) is 1. The van der Waals surface area contributed by atoms with Crippen molar-refractivity contribution in [2.24, 2.45) is 5.73 Å². The van der Waals surface area contributed by atoms with Gasteiger partial charge in [0.25, 0.3) is 0 Å². The van der Waals surface area contributed by atoms with Crippen LogP contribution in [0, 0.1) is 0 Å². The average molecular weight is 236 g/mol. The molecule has 0 bridgehead atoms. The Bertz CT molecular complexity index is 375. The SMILES string of the molecule is CCC(CN)N(C)c1ccccc1C(=O)OC. The molecule has 0 saturated heterocycles. The molecule has 0 saturated carbocycles. The van der Waals surface area contributed by atoms with Crippen LogP contribution in [0.1, 0.15) is 23.7 Å². The first-order valence-electron chi connectivity index (χ1n) is 5.75. The number of benzene rings is 1. The van der Waals surface area contributed by atoms with E-state index in [-0.39, 0.29) is 12.0 Å². The van der Waals surface area contributed by atoms with Gasteiger partial charge >= 0.3 is 5.97 Å². The Morgan fingerprint density at radius 2 is 2.12 bits per heavy atom. The summed E-state index contributed by atoms with van der Waals surface area (Å²) in [6.45, 7) is 2.64. The number of hydrogen-bond donors (Lipinski definition) is 1. The summed E-state index contributed by atoms with van der Waals surface area (Å²) in [7, 11) is 3.34. The quantitative estimate of drug-likeness (QED) is 0.790. The van der Waals surface area contributed by atoms with E-state index in [1.165, 1.54) is 7.11 Å². The lowest BCUT2D eigenvalue weighted by Gasteiger charge is -2.29. The van der Waals surface area contributed by atoms with Gasteiger partial charge in [-0.2, -0.15) is 0 Å². The highest BCUT2D eigenvalue weighted by Crippen LogP contribution is 2.22. The Balaban J connectivity index is 3.08. The van der Waals surface area contributed by atoms with Gasteiger partial charge in [-0.15, -0.1) is 0 Å². The zero-order valence-corrected chi connectivity index (χ0v) is 10.6. The number of esters is 1. The maximum absolute atomic E-state index is 11.7. The van der Waals surface area contributed by atoms with Crippen LogP contribution in [-0.2, 0) is 4.74 Å². The second-order valence-electron chi connectivity index (χ2n) is 3.92. The van der Waals surface area contributed by atoms with Crippen LogP contribution in [0.3, 0.4) is 0 Å². The van der Waals surface area contributed by atoms with E-state index in [1.54, 1.807) is 6.07 Å². The van der Waals surface area contributed by atoms with Gasteiger partial charge in [0.2, 0.25) is 0 Å². The van der Waals surface area contributed by atoms with Crippen molar-refractivity contribution in [3.8, 4) is 0 Å². The number of hydrogen-bond acceptors (Lipinski definition) is 4. The molecule has 0 heterocycles. The van der Waals surface area contributed by atoms with Crippen molar-refractivity contribution in [3.05, 3.63) is 29.8 Å². The highest BCUT2D eigenvalue weighted by Gasteiger charge is 2.18. The fourth-order valence-corrected chi connectivity index (χ4v) is 1.86. The molecule has 1 unspecified atom stereocenters. The molecule has 2 N–H and O–H groups in total. The summed E-state index contributed by atoms with van der Waals surface area (Å²) in [5.41, 5.74) is 7.15. The monoisotopic (exact) mass is 236 g/mol. The first-order chi connectivity index (χ1) is 8.15. The molecule has 1 atom stereocenters. The fraction of sp³-hybridized carbons (Fsp3) is 0.462. The summed E-state index contributed by atoms with van der Waals surface area (Å²) in [6.07, 6.45) is 0.933. The van der Waals surface area contributed by atoms with Crippen LogP contribution in [0.4, 0.5) is 5.69 Å². The minimum absolute atomic E-state index is 0.223. The van der Waals surface area contributed by atoms with Gasteiger partial charge in [0.15, 0.2) is 0 Å². The molecule has 0 fully saturated rings. The van der Waals surface area contributed by atoms with Crippen LogP contribution in [0.25, 0.3) is 0 Å². The van der Waals surface area contributed by atoms with Crippen molar-refractivity contribution < 1.29 is 9.53 Å². The van der Waals surface area contributed by atoms with Crippen molar-refractivity contribution in [3.63, 3.8) is 0 Å². The summed E-state index contributed by atoms with van der Waals surface area (Å²) in [5, 5.41) is 0. The Morgan fingerprint density at radius 1 is 1.47 bits per heavy atom. The lowest BCUT2D eigenvalue weighted by molar-refractivity contribution is 0.0601. The van der Waals surface area contributed by atoms with Crippen LogP contribution >= 0.6 is 0 Å². The summed E-state index contributed by atoms with van der Waals surface area (Å²) in [5.74, 6) is -0.320. The van der Waals surface area contributed by atoms with Crippen molar-refractivity contribution in [2.75, 3.05) is 25.6 Å². The lowest BCUT2D eigenvalue weighted by Crippen LogP contribution is -2.38. The molecule has 0 amide bonds. The molecule has 4 heteroatoms. The predicted molar refractivity (Wildman–Crippen MR) is 69.3 cm³/mol. The van der Waals surface area contributed by atoms with Crippen LogP contribution < -0.4 is 10.6 Å². The molecule has 4 nitrogen and oxygen atoms in total. The molecule has 0 aliphatic heterocycles. The van der Waals surface area contributed by atoms with Gasteiger partial charge in [-0.05, 0) is 18.6 Å². The molecule has 17 heavy (non-hydrogen) atoms. The van der Waals surface area contributed by atoms with Crippen LogP contribution in [0.2, 0.25) is 0 Å². The van der Waals surface area contributed by atoms with Crippen LogP contribution in [0.15, 0.2) is 24.3 Å².